The summed E-state index contributed by atoms with van der Waals surface area (Å²) in [6.45, 7) is 2.46. The fraction of sp³-hybridized carbons (Fsp3) is 0.429. The van der Waals surface area contributed by atoms with E-state index in [1.807, 2.05) is 7.05 Å². The standard InChI is InChI=1S/C14H17Cl2N3O2/c1-9(17-2)7-13-18-14(21-19-13)5-6-20-12-4-3-10(15)8-11(12)16/h3-4,8-9,17H,5-7H2,1-2H3. The predicted molar refractivity (Wildman–Crippen MR) is 82.2 cm³/mol. The van der Waals surface area contributed by atoms with E-state index in [0.29, 0.717) is 46.6 Å². The van der Waals surface area contributed by atoms with Gasteiger partial charge in [-0.2, -0.15) is 4.98 Å². The molecule has 0 spiro atoms. The summed E-state index contributed by atoms with van der Waals surface area (Å²) in [5.41, 5.74) is 0. The second-order valence-corrected chi connectivity index (χ2v) is 5.52. The molecule has 1 N–H and O–H groups in total. The van der Waals surface area contributed by atoms with Crippen molar-refractivity contribution in [3.63, 3.8) is 0 Å². The van der Waals surface area contributed by atoms with Crippen LogP contribution >= 0.6 is 23.2 Å². The van der Waals surface area contributed by atoms with Crippen molar-refractivity contribution >= 4 is 23.2 Å². The number of nitrogens with zero attached hydrogens (tertiary/aromatic N) is 2. The van der Waals surface area contributed by atoms with Crippen LogP contribution in [0.25, 0.3) is 0 Å². The minimum absolute atomic E-state index is 0.305. The highest BCUT2D eigenvalue weighted by atomic mass is 35.5. The molecule has 1 aromatic heterocycles. The van der Waals surface area contributed by atoms with E-state index in [0.717, 1.165) is 6.42 Å². The first-order valence-electron chi connectivity index (χ1n) is 6.65. The molecule has 0 saturated heterocycles. The van der Waals surface area contributed by atoms with Crippen molar-refractivity contribution in [3.8, 4) is 5.75 Å². The van der Waals surface area contributed by atoms with Crippen LogP contribution in [0.2, 0.25) is 10.0 Å². The Kier molecular flexibility index (Phi) is 5.85. The lowest BCUT2D eigenvalue weighted by Crippen LogP contribution is -2.24. The molecule has 1 atom stereocenters. The lowest BCUT2D eigenvalue weighted by atomic mass is 10.2. The summed E-state index contributed by atoms with van der Waals surface area (Å²) in [5, 5.41) is 8.12. The maximum atomic E-state index is 6.02. The van der Waals surface area contributed by atoms with Gasteiger partial charge in [0.25, 0.3) is 0 Å². The maximum absolute atomic E-state index is 6.02. The summed E-state index contributed by atoms with van der Waals surface area (Å²) < 4.78 is 10.8. The molecule has 0 amide bonds. The predicted octanol–water partition coefficient (Wildman–Crippen LogP) is 3.15. The number of halogens is 2. The van der Waals surface area contributed by atoms with E-state index in [9.17, 15) is 0 Å². The quantitative estimate of drug-likeness (QED) is 0.845. The molecular formula is C14H17Cl2N3O2. The highest BCUT2D eigenvalue weighted by Crippen LogP contribution is 2.27. The third kappa shape index (κ3) is 4.88. The van der Waals surface area contributed by atoms with Gasteiger partial charge < -0.3 is 14.6 Å². The van der Waals surface area contributed by atoms with E-state index in [1.54, 1.807) is 18.2 Å². The van der Waals surface area contributed by atoms with Crippen LogP contribution in [0.4, 0.5) is 0 Å². The van der Waals surface area contributed by atoms with Gasteiger partial charge in [0.2, 0.25) is 5.89 Å². The summed E-state index contributed by atoms with van der Waals surface area (Å²) >= 11 is 11.8. The Bertz CT molecular complexity index is 589. The highest BCUT2D eigenvalue weighted by molar-refractivity contribution is 6.35. The van der Waals surface area contributed by atoms with Crippen molar-refractivity contribution in [1.82, 2.24) is 15.5 Å². The first kappa shape index (κ1) is 16.1. The molecule has 2 rings (SSSR count). The number of benzene rings is 1. The molecule has 0 saturated carbocycles. The van der Waals surface area contributed by atoms with E-state index in [-0.39, 0.29) is 0 Å². The van der Waals surface area contributed by atoms with Gasteiger partial charge in [0.05, 0.1) is 18.1 Å². The monoisotopic (exact) mass is 329 g/mol. The molecule has 7 heteroatoms. The van der Waals surface area contributed by atoms with Gasteiger partial charge in [0.15, 0.2) is 5.82 Å². The summed E-state index contributed by atoms with van der Waals surface area (Å²) in [5.74, 6) is 1.83. The minimum atomic E-state index is 0.305. The molecule has 0 fully saturated rings. The molecule has 1 heterocycles. The van der Waals surface area contributed by atoms with Crippen LogP contribution in [0, 0.1) is 0 Å². The number of hydrogen-bond acceptors (Lipinski definition) is 5. The van der Waals surface area contributed by atoms with Crippen molar-refractivity contribution < 1.29 is 9.26 Å². The maximum Gasteiger partial charge on any atom is 0.230 e. The van der Waals surface area contributed by atoms with Gasteiger partial charge in [-0.25, -0.2) is 0 Å². The Morgan fingerprint density at radius 3 is 2.90 bits per heavy atom. The zero-order chi connectivity index (χ0) is 15.2. The second kappa shape index (κ2) is 7.64. The van der Waals surface area contributed by atoms with Crippen LogP contribution in [0.5, 0.6) is 5.75 Å². The molecule has 2 aromatic rings. The number of nitrogens with one attached hydrogen (secondary N) is 1. The average molecular weight is 330 g/mol. The van der Waals surface area contributed by atoms with Crippen molar-refractivity contribution in [3.05, 3.63) is 40.0 Å². The lowest BCUT2D eigenvalue weighted by Gasteiger charge is -2.06. The van der Waals surface area contributed by atoms with Crippen LogP contribution in [0.15, 0.2) is 22.7 Å². The summed E-state index contributed by atoms with van der Waals surface area (Å²) in [6.07, 6.45) is 1.25. The van der Waals surface area contributed by atoms with Gasteiger partial charge in [-0.1, -0.05) is 28.4 Å². The second-order valence-electron chi connectivity index (χ2n) is 4.67. The van der Waals surface area contributed by atoms with Gasteiger partial charge in [-0.3, -0.25) is 0 Å². The highest BCUT2D eigenvalue weighted by Gasteiger charge is 2.10. The Morgan fingerprint density at radius 1 is 1.38 bits per heavy atom. The fourth-order valence-electron chi connectivity index (χ4n) is 1.69. The summed E-state index contributed by atoms with van der Waals surface area (Å²) in [4.78, 5) is 4.31. The number of likely N-dealkylation sites (N-methyl/N-ethyl adjacent to an activating group) is 1. The van der Waals surface area contributed by atoms with Gasteiger partial charge >= 0.3 is 0 Å². The molecule has 114 valence electrons. The number of ether oxygens (including phenoxy) is 1. The largest absolute Gasteiger partial charge is 0.491 e. The molecule has 5 nitrogen and oxygen atoms in total. The third-order valence-electron chi connectivity index (χ3n) is 2.96. The van der Waals surface area contributed by atoms with Crippen LogP contribution in [0.1, 0.15) is 18.6 Å². The summed E-state index contributed by atoms with van der Waals surface area (Å²) in [6, 6.07) is 5.41. The Hall–Kier alpha value is -1.30. The third-order valence-corrected chi connectivity index (χ3v) is 3.49. The average Bonchev–Trinajstić information content (AvgIpc) is 2.88. The Morgan fingerprint density at radius 2 is 2.19 bits per heavy atom. The molecule has 1 unspecified atom stereocenters. The molecule has 0 radical (unpaired) electrons. The number of aromatic nitrogens is 2. The number of rotatable bonds is 7. The minimum Gasteiger partial charge on any atom is -0.491 e. The lowest BCUT2D eigenvalue weighted by molar-refractivity contribution is 0.292. The SMILES string of the molecule is CNC(C)Cc1noc(CCOc2ccc(Cl)cc2Cl)n1. The first-order valence-corrected chi connectivity index (χ1v) is 7.40. The van der Waals surface area contributed by atoms with Crippen LogP contribution < -0.4 is 10.1 Å². The molecular weight excluding hydrogens is 313 g/mol. The zero-order valence-corrected chi connectivity index (χ0v) is 13.4. The van der Waals surface area contributed by atoms with Gasteiger partial charge in [0, 0.05) is 17.5 Å². The van der Waals surface area contributed by atoms with Gasteiger partial charge in [-0.15, -0.1) is 0 Å². The van der Waals surface area contributed by atoms with E-state index >= 15 is 0 Å². The normalized spacial score (nSPS) is 12.4. The molecule has 0 aliphatic carbocycles. The van der Waals surface area contributed by atoms with Gasteiger partial charge in [0.1, 0.15) is 5.75 Å². The topological polar surface area (TPSA) is 60.2 Å². The number of hydrogen-bond donors (Lipinski definition) is 1. The zero-order valence-electron chi connectivity index (χ0n) is 11.9. The van der Waals surface area contributed by atoms with Crippen LogP contribution in [-0.4, -0.2) is 29.8 Å². The summed E-state index contributed by atoms with van der Waals surface area (Å²) in [7, 11) is 1.90. The Balaban J connectivity index is 1.83. The molecule has 0 bridgehead atoms. The van der Waals surface area contributed by atoms with Gasteiger partial charge in [-0.05, 0) is 32.2 Å². The van der Waals surface area contributed by atoms with E-state index < -0.39 is 0 Å². The molecule has 0 aliphatic heterocycles. The molecule has 21 heavy (non-hydrogen) atoms. The van der Waals surface area contributed by atoms with Crippen molar-refractivity contribution in [2.75, 3.05) is 13.7 Å². The Labute approximate surface area is 133 Å². The van der Waals surface area contributed by atoms with E-state index in [2.05, 4.69) is 22.4 Å². The fourth-order valence-corrected chi connectivity index (χ4v) is 2.15. The van der Waals surface area contributed by atoms with Crippen molar-refractivity contribution in [2.45, 2.75) is 25.8 Å². The molecule has 0 aliphatic rings. The van der Waals surface area contributed by atoms with Crippen LogP contribution in [0.3, 0.4) is 0 Å². The van der Waals surface area contributed by atoms with E-state index in [4.69, 9.17) is 32.5 Å². The van der Waals surface area contributed by atoms with Crippen molar-refractivity contribution in [2.24, 2.45) is 0 Å². The van der Waals surface area contributed by atoms with Crippen molar-refractivity contribution in [1.29, 1.82) is 0 Å². The van der Waals surface area contributed by atoms with Crippen LogP contribution in [-0.2, 0) is 12.8 Å². The first-order chi connectivity index (χ1) is 10.1. The smallest absolute Gasteiger partial charge is 0.230 e. The molecule has 1 aromatic carbocycles. The van der Waals surface area contributed by atoms with E-state index in [1.165, 1.54) is 0 Å².